The second kappa shape index (κ2) is 9.69. The van der Waals surface area contributed by atoms with Crippen LogP contribution in [0.4, 0.5) is 10.1 Å². The number of ether oxygens (including phenoxy) is 1. The van der Waals surface area contributed by atoms with Gasteiger partial charge in [-0.1, -0.05) is 12.1 Å². The Morgan fingerprint density at radius 2 is 1.88 bits per heavy atom. The number of hydrogen-bond donors (Lipinski definition) is 1. The first-order valence-electron chi connectivity index (χ1n) is 10.4. The molecule has 12 heteroatoms. The number of piperidine rings is 1. The summed E-state index contributed by atoms with van der Waals surface area (Å²) in [6.07, 6.45) is 3.22. The van der Waals surface area contributed by atoms with Gasteiger partial charge in [-0.3, -0.25) is 4.79 Å². The molecule has 34 heavy (non-hydrogen) atoms. The van der Waals surface area contributed by atoms with E-state index in [-0.39, 0.29) is 53.7 Å². The Kier molecular flexibility index (Phi) is 6.70. The second-order valence-corrected chi connectivity index (χ2v) is 9.57. The van der Waals surface area contributed by atoms with Crippen molar-refractivity contribution in [2.45, 2.75) is 17.7 Å². The van der Waals surface area contributed by atoms with E-state index < -0.39 is 27.7 Å². The largest absolute Gasteiger partial charge is 0.465 e. The van der Waals surface area contributed by atoms with Gasteiger partial charge in [-0.05, 0) is 43.2 Å². The zero-order chi connectivity index (χ0) is 24.3. The number of anilines is 1. The van der Waals surface area contributed by atoms with Crippen molar-refractivity contribution in [1.29, 1.82) is 0 Å². The van der Waals surface area contributed by atoms with E-state index in [1.807, 2.05) is 0 Å². The van der Waals surface area contributed by atoms with Gasteiger partial charge in [0.2, 0.25) is 15.9 Å². The van der Waals surface area contributed by atoms with Gasteiger partial charge < -0.3 is 10.1 Å². The van der Waals surface area contributed by atoms with E-state index in [0.717, 1.165) is 0 Å². The lowest BCUT2D eigenvalue weighted by molar-refractivity contribution is -0.120. The number of esters is 1. The molecular weight excluding hydrogens is 465 g/mol. The fraction of sp³-hybridized carbons (Fsp3) is 0.273. The lowest BCUT2D eigenvalue weighted by Crippen LogP contribution is -2.41. The summed E-state index contributed by atoms with van der Waals surface area (Å²) >= 11 is 0. The summed E-state index contributed by atoms with van der Waals surface area (Å²) in [5, 5.41) is 6.57. The number of halogens is 1. The minimum Gasteiger partial charge on any atom is -0.465 e. The second-order valence-electron chi connectivity index (χ2n) is 7.66. The third-order valence-corrected chi connectivity index (χ3v) is 7.57. The van der Waals surface area contributed by atoms with Crippen LogP contribution in [-0.4, -0.2) is 59.6 Å². The molecule has 10 nitrogen and oxygen atoms in total. The van der Waals surface area contributed by atoms with Gasteiger partial charge in [0, 0.05) is 24.7 Å². The van der Waals surface area contributed by atoms with Crippen LogP contribution in [0, 0.1) is 11.7 Å². The number of benzene rings is 2. The maximum Gasteiger partial charge on any atom is 0.339 e. The van der Waals surface area contributed by atoms with Crippen molar-refractivity contribution in [2.24, 2.45) is 5.92 Å². The van der Waals surface area contributed by atoms with Gasteiger partial charge in [-0.15, -0.1) is 0 Å². The topological polar surface area (TPSA) is 123 Å². The first kappa shape index (κ1) is 23.5. The number of methoxy groups -OCH3 is 1. The standard InChI is InChI=1S/C22H22FN5O5S/c1-33-22(30)17-4-2-3-5-20(17)34(31,32)27-10-8-15(9-11-27)21(29)26-16-6-7-19(18(23)12-16)28-14-24-13-25-28/h2-7,12-15H,8-11H2,1H3,(H,26,29). The van der Waals surface area contributed by atoms with E-state index in [1.54, 1.807) is 12.1 Å². The van der Waals surface area contributed by atoms with E-state index in [0.29, 0.717) is 0 Å². The smallest absolute Gasteiger partial charge is 0.339 e. The first-order chi connectivity index (χ1) is 16.3. The van der Waals surface area contributed by atoms with Crippen LogP contribution in [0.2, 0.25) is 0 Å². The van der Waals surface area contributed by atoms with E-state index in [1.165, 1.54) is 59.1 Å². The van der Waals surface area contributed by atoms with Crippen LogP contribution in [0.15, 0.2) is 60.0 Å². The Morgan fingerprint density at radius 1 is 1.15 bits per heavy atom. The molecule has 1 N–H and O–H groups in total. The van der Waals surface area contributed by atoms with Gasteiger partial charge in [-0.2, -0.15) is 9.40 Å². The van der Waals surface area contributed by atoms with Gasteiger partial charge in [0.1, 0.15) is 18.3 Å². The third-order valence-electron chi connectivity index (χ3n) is 5.62. The average Bonchev–Trinajstić information content (AvgIpc) is 3.38. The van der Waals surface area contributed by atoms with Crippen molar-refractivity contribution in [2.75, 3.05) is 25.5 Å². The zero-order valence-corrected chi connectivity index (χ0v) is 19.0. The van der Waals surface area contributed by atoms with E-state index in [9.17, 15) is 22.4 Å². The van der Waals surface area contributed by atoms with Crippen molar-refractivity contribution < 1.29 is 27.1 Å². The number of sulfonamides is 1. The average molecular weight is 488 g/mol. The van der Waals surface area contributed by atoms with Crippen LogP contribution in [0.5, 0.6) is 0 Å². The monoisotopic (exact) mass is 487 g/mol. The van der Waals surface area contributed by atoms with Gasteiger partial charge >= 0.3 is 5.97 Å². The molecule has 0 unspecified atom stereocenters. The van der Waals surface area contributed by atoms with Crippen LogP contribution in [-0.2, 0) is 19.6 Å². The number of hydrogen-bond acceptors (Lipinski definition) is 7. The van der Waals surface area contributed by atoms with Gasteiger partial charge in [0.05, 0.1) is 17.6 Å². The summed E-state index contributed by atoms with van der Waals surface area (Å²) in [7, 11) is -2.77. The van der Waals surface area contributed by atoms with Crippen molar-refractivity contribution in [3.63, 3.8) is 0 Å². The summed E-state index contributed by atoms with van der Waals surface area (Å²) in [6, 6.07) is 10.1. The zero-order valence-electron chi connectivity index (χ0n) is 18.2. The van der Waals surface area contributed by atoms with Gasteiger partial charge in [0.15, 0.2) is 5.82 Å². The maximum absolute atomic E-state index is 14.4. The molecule has 0 bridgehead atoms. The third kappa shape index (κ3) is 4.68. The Balaban J connectivity index is 1.41. The summed E-state index contributed by atoms with van der Waals surface area (Å²) in [6.45, 7) is 0.213. The molecule has 1 aromatic heterocycles. The minimum absolute atomic E-state index is 0.0405. The molecular formula is C22H22FN5O5S. The number of nitrogens with one attached hydrogen (secondary N) is 1. The molecule has 1 fully saturated rings. The highest BCUT2D eigenvalue weighted by atomic mass is 32.2. The summed E-state index contributed by atoms with van der Waals surface area (Å²) < 4.78 is 47.9. The number of rotatable bonds is 6. The highest BCUT2D eigenvalue weighted by molar-refractivity contribution is 7.89. The Bertz CT molecular complexity index is 1300. The number of carbonyl (C=O) groups is 2. The predicted molar refractivity (Wildman–Crippen MR) is 119 cm³/mol. The van der Waals surface area contributed by atoms with Crippen LogP contribution in [0.25, 0.3) is 5.69 Å². The fourth-order valence-electron chi connectivity index (χ4n) is 3.82. The van der Waals surface area contributed by atoms with Crippen molar-refractivity contribution in [1.82, 2.24) is 19.1 Å². The molecule has 0 atom stereocenters. The number of nitrogens with zero attached hydrogens (tertiary/aromatic N) is 4. The van der Waals surface area contributed by atoms with Crippen LogP contribution < -0.4 is 5.32 Å². The van der Waals surface area contributed by atoms with Gasteiger partial charge in [0.25, 0.3) is 0 Å². The molecule has 0 aliphatic carbocycles. The summed E-state index contributed by atoms with van der Waals surface area (Å²) in [5.74, 6) is -2.08. The first-order valence-corrected chi connectivity index (χ1v) is 11.9. The van der Waals surface area contributed by atoms with Crippen LogP contribution >= 0.6 is 0 Å². The predicted octanol–water partition coefficient (Wildman–Crippen LogP) is 2.23. The number of carbonyl (C=O) groups excluding carboxylic acids is 2. The van der Waals surface area contributed by atoms with Crippen LogP contribution in [0.1, 0.15) is 23.2 Å². The van der Waals surface area contributed by atoms with E-state index in [4.69, 9.17) is 4.74 Å². The molecule has 1 aliphatic rings. The van der Waals surface area contributed by atoms with Crippen molar-refractivity contribution in [3.05, 3.63) is 66.5 Å². The molecule has 1 aliphatic heterocycles. The number of aromatic nitrogens is 3. The molecule has 178 valence electrons. The molecule has 3 aromatic rings. The van der Waals surface area contributed by atoms with Crippen molar-refractivity contribution >= 4 is 27.6 Å². The SMILES string of the molecule is COC(=O)c1ccccc1S(=O)(=O)N1CCC(C(=O)Nc2ccc(-n3cncn3)c(F)c2)CC1. The molecule has 2 heterocycles. The fourth-order valence-corrected chi connectivity index (χ4v) is 5.46. The maximum atomic E-state index is 14.4. The Morgan fingerprint density at radius 3 is 2.53 bits per heavy atom. The normalized spacial score (nSPS) is 15.1. The molecule has 0 spiro atoms. The van der Waals surface area contributed by atoms with Crippen LogP contribution in [0.3, 0.4) is 0 Å². The molecule has 2 aromatic carbocycles. The molecule has 0 saturated carbocycles. The molecule has 1 saturated heterocycles. The Labute approximate surface area is 195 Å². The summed E-state index contributed by atoms with van der Waals surface area (Å²) in [5.41, 5.74) is 0.441. The lowest BCUT2D eigenvalue weighted by atomic mass is 9.97. The van der Waals surface area contributed by atoms with E-state index >= 15 is 0 Å². The molecule has 1 amide bonds. The number of amides is 1. The summed E-state index contributed by atoms with van der Waals surface area (Å²) in [4.78, 5) is 28.4. The minimum atomic E-state index is -3.95. The lowest BCUT2D eigenvalue weighted by Gasteiger charge is -2.31. The quantitative estimate of drug-likeness (QED) is 0.529. The Hall–Kier alpha value is -3.64. The molecule has 0 radical (unpaired) electrons. The molecule has 4 rings (SSSR count). The highest BCUT2D eigenvalue weighted by Crippen LogP contribution is 2.27. The highest BCUT2D eigenvalue weighted by Gasteiger charge is 2.34. The van der Waals surface area contributed by atoms with Crippen molar-refractivity contribution in [3.8, 4) is 5.69 Å². The van der Waals surface area contributed by atoms with Gasteiger partial charge in [-0.25, -0.2) is 27.3 Å². The van der Waals surface area contributed by atoms with E-state index in [2.05, 4.69) is 15.4 Å².